The number of fused-ring (bicyclic) bond motifs is 1. The van der Waals surface area contributed by atoms with E-state index in [0.29, 0.717) is 23.8 Å². The fourth-order valence-corrected chi connectivity index (χ4v) is 6.00. The fraction of sp³-hybridized carbons (Fsp3) is 0.290. The van der Waals surface area contributed by atoms with E-state index in [4.69, 9.17) is 9.84 Å². The van der Waals surface area contributed by atoms with Crippen molar-refractivity contribution in [1.82, 2.24) is 20.1 Å². The second-order valence-corrected chi connectivity index (χ2v) is 11.9. The van der Waals surface area contributed by atoms with Crippen molar-refractivity contribution in [2.24, 2.45) is 0 Å². The van der Waals surface area contributed by atoms with Crippen LogP contribution in [0.3, 0.4) is 0 Å². The number of amides is 2. The van der Waals surface area contributed by atoms with Gasteiger partial charge in [0.25, 0.3) is 0 Å². The number of hydrogen-bond acceptors (Lipinski definition) is 6. The highest BCUT2D eigenvalue weighted by Crippen LogP contribution is 2.48. The minimum Gasteiger partial charge on any atom is -0.497 e. The van der Waals surface area contributed by atoms with Crippen LogP contribution in [0.5, 0.6) is 5.75 Å². The summed E-state index contributed by atoms with van der Waals surface area (Å²) in [5.41, 5.74) is 3.47. The highest BCUT2D eigenvalue weighted by Gasteiger charge is 2.40. The number of carbonyl (C=O) groups is 2. The second kappa shape index (κ2) is 11.7. The molecule has 2 aromatic heterocycles. The van der Waals surface area contributed by atoms with E-state index in [2.05, 4.69) is 31.1 Å². The van der Waals surface area contributed by atoms with Crippen LogP contribution < -0.4 is 15.0 Å². The first-order chi connectivity index (χ1) is 19.7. The smallest absolute Gasteiger partial charge is 0.240 e. The monoisotopic (exact) mass is 573 g/mol. The largest absolute Gasteiger partial charge is 0.497 e. The molecule has 0 spiro atoms. The van der Waals surface area contributed by atoms with E-state index in [1.54, 1.807) is 30.3 Å². The Kier molecular flexibility index (Phi) is 8.12. The van der Waals surface area contributed by atoms with E-state index >= 15 is 0 Å². The molecule has 2 aromatic carbocycles. The lowest BCUT2D eigenvalue weighted by atomic mass is 9.87. The number of hydrogen-bond donors (Lipinski definition) is 1. The maximum Gasteiger partial charge on any atom is 0.240 e. The van der Waals surface area contributed by atoms with Gasteiger partial charge < -0.3 is 10.1 Å². The van der Waals surface area contributed by atoms with Gasteiger partial charge >= 0.3 is 0 Å². The van der Waals surface area contributed by atoms with Crippen LogP contribution in [0.2, 0.25) is 0 Å². The molecule has 0 bridgehead atoms. The molecule has 1 atom stereocenters. The molecule has 0 fully saturated rings. The molecule has 5 rings (SSSR count). The topological polar surface area (TPSA) is 89.3 Å². The highest BCUT2D eigenvalue weighted by molar-refractivity contribution is 8.00. The van der Waals surface area contributed by atoms with Gasteiger partial charge in [0.1, 0.15) is 23.9 Å². The van der Waals surface area contributed by atoms with Crippen molar-refractivity contribution < 1.29 is 18.7 Å². The third-order valence-electron chi connectivity index (χ3n) is 6.81. The summed E-state index contributed by atoms with van der Waals surface area (Å²) in [4.78, 5) is 32.5. The Morgan fingerprint density at radius 3 is 2.51 bits per heavy atom. The second-order valence-electron chi connectivity index (χ2n) is 10.8. The van der Waals surface area contributed by atoms with Crippen LogP contribution >= 0.6 is 11.8 Å². The van der Waals surface area contributed by atoms with Gasteiger partial charge in [-0.1, -0.05) is 32.9 Å². The molecule has 1 N–H and O–H groups in total. The molecule has 0 aliphatic carbocycles. The van der Waals surface area contributed by atoms with Crippen LogP contribution in [0.15, 0.2) is 73.1 Å². The molecule has 0 radical (unpaired) electrons. The third-order valence-corrected chi connectivity index (χ3v) is 8.06. The van der Waals surface area contributed by atoms with E-state index in [1.165, 1.54) is 28.8 Å². The van der Waals surface area contributed by atoms with E-state index in [9.17, 15) is 14.0 Å². The summed E-state index contributed by atoms with van der Waals surface area (Å²) in [6.45, 7) is 6.28. The molecular weight excluding hydrogens is 541 g/mol. The van der Waals surface area contributed by atoms with Gasteiger partial charge in [-0.05, 0) is 59.7 Å². The van der Waals surface area contributed by atoms with Gasteiger partial charge in [-0.2, -0.15) is 5.10 Å². The summed E-state index contributed by atoms with van der Waals surface area (Å²) in [6.07, 6.45) is 3.33. The van der Waals surface area contributed by atoms with Gasteiger partial charge in [-0.25, -0.2) is 9.07 Å². The summed E-state index contributed by atoms with van der Waals surface area (Å²) in [6, 6.07) is 17.5. The maximum atomic E-state index is 14.4. The SMILES string of the molecule is COc1ccc(-n2nc(C(C)(C)C)c3c2N(CC(=O)NCc2ccncc2)C(=O)CS[C@H]3c2cccc(F)c2)cc1. The van der Waals surface area contributed by atoms with Crippen molar-refractivity contribution >= 4 is 29.4 Å². The van der Waals surface area contributed by atoms with Gasteiger partial charge in [0, 0.05) is 29.9 Å². The highest BCUT2D eigenvalue weighted by atomic mass is 32.2. The average molecular weight is 574 g/mol. The van der Waals surface area contributed by atoms with E-state index < -0.39 is 5.41 Å². The molecule has 0 saturated heterocycles. The Hall–Kier alpha value is -4.18. The Balaban J connectivity index is 1.65. The van der Waals surface area contributed by atoms with Gasteiger partial charge in [0.15, 0.2) is 0 Å². The number of methoxy groups -OCH3 is 1. The molecule has 8 nitrogen and oxygen atoms in total. The lowest BCUT2D eigenvalue weighted by molar-refractivity contribution is -0.123. The molecule has 1 aliphatic rings. The normalized spacial score (nSPS) is 15.3. The minimum atomic E-state index is -0.420. The van der Waals surface area contributed by atoms with E-state index in [-0.39, 0.29) is 35.2 Å². The van der Waals surface area contributed by atoms with Crippen LogP contribution in [-0.4, -0.2) is 46.0 Å². The number of carbonyl (C=O) groups excluding carboxylic acids is 2. The number of benzene rings is 2. The molecule has 10 heteroatoms. The summed E-state index contributed by atoms with van der Waals surface area (Å²) in [7, 11) is 1.60. The van der Waals surface area contributed by atoms with E-state index in [1.807, 2.05) is 42.5 Å². The van der Waals surface area contributed by atoms with E-state index in [0.717, 1.165) is 22.4 Å². The zero-order chi connectivity index (χ0) is 29.1. The molecule has 0 unspecified atom stereocenters. The summed E-state index contributed by atoms with van der Waals surface area (Å²) < 4.78 is 21.5. The molecule has 212 valence electrons. The average Bonchev–Trinajstić information content (AvgIpc) is 3.30. The summed E-state index contributed by atoms with van der Waals surface area (Å²) >= 11 is 1.41. The van der Waals surface area contributed by atoms with Crippen LogP contribution in [0.1, 0.15) is 48.4 Å². The lowest BCUT2D eigenvalue weighted by Gasteiger charge is -2.24. The van der Waals surface area contributed by atoms with Crippen LogP contribution in [0, 0.1) is 5.82 Å². The Bertz CT molecular complexity index is 1550. The van der Waals surface area contributed by atoms with Crippen LogP contribution in [0.25, 0.3) is 5.69 Å². The molecule has 0 saturated carbocycles. The number of nitrogens with zero attached hydrogens (tertiary/aromatic N) is 4. The molecule has 41 heavy (non-hydrogen) atoms. The first kappa shape index (κ1) is 28.4. The number of aromatic nitrogens is 3. The Morgan fingerprint density at radius 1 is 1.12 bits per heavy atom. The number of rotatable bonds is 7. The summed E-state index contributed by atoms with van der Waals surface area (Å²) in [5, 5.41) is 7.59. The Morgan fingerprint density at radius 2 is 1.85 bits per heavy atom. The van der Waals surface area contributed by atoms with Gasteiger partial charge in [-0.15, -0.1) is 11.8 Å². The first-order valence-corrected chi connectivity index (χ1v) is 14.3. The zero-order valence-electron chi connectivity index (χ0n) is 23.4. The fourth-order valence-electron chi connectivity index (χ4n) is 4.81. The molecular formula is C31H32FN5O3S. The number of ether oxygens (including phenoxy) is 1. The number of thioether (sulfide) groups is 1. The molecule has 1 aliphatic heterocycles. The van der Waals surface area contributed by atoms with Gasteiger partial charge in [0.2, 0.25) is 11.8 Å². The number of anilines is 1. The Labute approximate surface area is 242 Å². The van der Waals surface area contributed by atoms with Crippen LogP contribution in [0.4, 0.5) is 10.2 Å². The van der Waals surface area contributed by atoms with Crippen LogP contribution in [-0.2, 0) is 21.5 Å². The summed E-state index contributed by atoms with van der Waals surface area (Å²) in [5.74, 6) is 0.398. The zero-order valence-corrected chi connectivity index (χ0v) is 24.2. The van der Waals surface area contributed by atoms with Crippen molar-refractivity contribution in [3.63, 3.8) is 0 Å². The first-order valence-electron chi connectivity index (χ1n) is 13.3. The lowest BCUT2D eigenvalue weighted by Crippen LogP contribution is -2.42. The molecule has 2 amide bonds. The maximum absolute atomic E-state index is 14.4. The predicted octanol–water partition coefficient (Wildman–Crippen LogP) is 5.20. The van der Waals surface area contributed by atoms with Crippen molar-refractivity contribution in [3.8, 4) is 11.4 Å². The third kappa shape index (κ3) is 6.12. The molecule has 3 heterocycles. The van der Waals surface area contributed by atoms with Crippen molar-refractivity contribution in [3.05, 3.63) is 101 Å². The van der Waals surface area contributed by atoms with Crippen molar-refractivity contribution in [2.45, 2.75) is 38.0 Å². The van der Waals surface area contributed by atoms with Gasteiger partial charge in [-0.3, -0.25) is 19.5 Å². The molecule has 4 aromatic rings. The van der Waals surface area contributed by atoms with Crippen molar-refractivity contribution in [1.29, 1.82) is 0 Å². The predicted molar refractivity (Wildman–Crippen MR) is 158 cm³/mol. The minimum absolute atomic E-state index is 0.111. The van der Waals surface area contributed by atoms with Crippen molar-refractivity contribution in [2.75, 3.05) is 24.3 Å². The number of halogens is 1. The quantitative estimate of drug-likeness (QED) is 0.327. The number of nitrogens with one attached hydrogen (secondary N) is 1. The van der Waals surface area contributed by atoms with Gasteiger partial charge in [0.05, 0.1) is 29.5 Å². The standard InChI is InChI=1S/C31H32FN5O3S/c1-31(2,3)29-27-28(21-6-5-7-22(32)16-21)41-19-26(39)36(18-25(38)34-17-20-12-14-33-15-13-20)30(27)37(35-29)23-8-10-24(40-4)11-9-23/h5-16,28H,17-19H2,1-4H3,(H,34,38)/t28-/m0/s1. The number of pyridine rings is 1.